The summed E-state index contributed by atoms with van der Waals surface area (Å²) in [7, 11) is 0. The Balaban J connectivity index is 2.21. The number of aliphatic carboxylic acids is 1. The van der Waals surface area contributed by atoms with Gasteiger partial charge in [0.05, 0.1) is 18.3 Å². The highest BCUT2D eigenvalue weighted by Gasteiger charge is 2.36. The number of carboxylic acid groups (broad SMARTS) is 1. The molecule has 5 nitrogen and oxygen atoms in total. The normalized spacial score (nSPS) is 24.8. The quantitative estimate of drug-likeness (QED) is 0.849. The van der Waals surface area contributed by atoms with Crippen LogP contribution in [0.15, 0.2) is 12.4 Å². The van der Waals surface area contributed by atoms with Gasteiger partial charge in [-0.05, 0) is 13.3 Å². The first-order valence-electron chi connectivity index (χ1n) is 5.06. The number of nitrogens with zero attached hydrogens (tertiary/aromatic N) is 3. The second-order valence-corrected chi connectivity index (χ2v) is 4.25. The molecule has 1 N–H and O–H groups in total. The molecule has 6 heteroatoms. The highest BCUT2D eigenvalue weighted by atomic mass is 35.5. The molecule has 0 spiro atoms. The summed E-state index contributed by atoms with van der Waals surface area (Å²) in [5.41, 5.74) is 0. The van der Waals surface area contributed by atoms with Crippen LogP contribution in [0.3, 0.4) is 0 Å². The van der Waals surface area contributed by atoms with Crippen molar-refractivity contribution in [1.82, 2.24) is 9.97 Å². The molecule has 0 amide bonds. The number of carbonyl (C=O) groups is 1. The Kier molecular flexibility index (Phi) is 2.96. The van der Waals surface area contributed by atoms with Gasteiger partial charge < -0.3 is 10.0 Å². The van der Waals surface area contributed by atoms with Crippen molar-refractivity contribution in [2.24, 2.45) is 5.92 Å². The van der Waals surface area contributed by atoms with E-state index in [-0.39, 0.29) is 12.0 Å². The van der Waals surface area contributed by atoms with Crippen molar-refractivity contribution in [1.29, 1.82) is 0 Å². The zero-order valence-corrected chi connectivity index (χ0v) is 9.55. The van der Waals surface area contributed by atoms with Crippen molar-refractivity contribution in [2.75, 3.05) is 11.4 Å². The van der Waals surface area contributed by atoms with Crippen LogP contribution >= 0.6 is 11.6 Å². The minimum atomic E-state index is -0.759. The summed E-state index contributed by atoms with van der Waals surface area (Å²) >= 11 is 5.75. The lowest BCUT2D eigenvalue weighted by molar-refractivity contribution is -0.141. The first kappa shape index (κ1) is 11.1. The number of carboxylic acids is 1. The number of rotatable bonds is 2. The first-order valence-corrected chi connectivity index (χ1v) is 5.44. The zero-order chi connectivity index (χ0) is 11.7. The van der Waals surface area contributed by atoms with Crippen molar-refractivity contribution in [3.63, 3.8) is 0 Å². The molecule has 2 heterocycles. The van der Waals surface area contributed by atoms with E-state index in [9.17, 15) is 4.79 Å². The van der Waals surface area contributed by atoms with Crippen LogP contribution in [-0.2, 0) is 4.79 Å². The number of halogens is 1. The van der Waals surface area contributed by atoms with Gasteiger partial charge in [0, 0.05) is 12.6 Å². The third-order valence-electron chi connectivity index (χ3n) is 2.96. The lowest BCUT2D eigenvalue weighted by Crippen LogP contribution is -2.33. The second-order valence-electron chi connectivity index (χ2n) is 3.87. The minimum absolute atomic E-state index is 0.0785. The molecule has 1 aromatic heterocycles. The molecular weight excluding hydrogens is 230 g/mol. The van der Waals surface area contributed by atoms with Crippen molar-refractivity contribution < 1.29 is 9.90 Å². The van der Waals surface area contributed by atoms with Crippen LogP contribution in [0.4, 0.5) is 5.82 Å². The van der Waals surface area contributed by atoms with Gasteiger partial charge in [0.1, 0.15) is 11.0 Å². The van der Waals surface area contributed by atoms with Gasteiger partial charge in [-0.15, -0.1) is 0 Å². The highest BCUT2D eigenvalue weighted by molar-refractivity contribution is 6.29. The maximum absolute atomic E-state index is 11.0. The molecule has 0 aromatic carbocycles. The van der Waals surface area contributed by atoms with Gasteiger partial charge >= 0.3 is 5.97 Å². The van der Waals surface area contributed by atoms with Crippen LogP contribution in [0, 0.1) is 5.92 Å². The zero-order valence-electron chi connectivity index (χ0n) is 8.80. The fourth-order valence-corrected chi connectivity index (χ4v) is 2.21. The second kappa shape index (κ2) is 4.25. The lowest BCUT2D eigenvalue weighted by Gasteiger charge is -2.23. The Hall–Kier alpha value is -1.36. The largest absolute Gasteiger partial charge is 0.481 e. The summed E-state index contributed by atoms with van der Waals surface area (Å²) in [6, 6.07) is -0.0785. The molecule has 0 aliphatic carbocycles. The highest BCUT2D eigenvalue weighted by Crippen LogP contribution is 2.28. The Bertz CT molecular complexity index is 413. The van der Waals surface area contributed by atoms with E-state index in [4.69, 9.17) is 16.7 Å². The van der Waals surface area contributed by atoms with Gasteiger partial charge in [-0.3, -0.25) is 9.78 Å². The number of aromatic nitrogens is 2. The fraction of sp³-hybridized carbons (Fsp3) is 0.500. The van der Waals surface area contributed by atoms with Crippen LogP contribution in [0.2, 0.25) is 5.15 Å². The maximum Gasteiger partial charge on any atom is 0.308 e. The predicted molar refractivity (Wildman–Crippen MR) is 59.6 cm³/mol. The summed E-state index contributed by atoms with van der Waals surface area (Å²) in [4.78, 5) is 21.0. The van der Waals surface area contributed by atoms with Gasteiger partial charge in [-0.1, -0.05) is 11.6 Å². The molecule has 1 aliphatic rings. The van der Waals surface area contributed by atoms with E-state index in [2.05, 4.69) is 9.97 Å². The molecule has 1 aromatic rings. The molecule has 1 aliphatic heterocycles. The third kappa shape index (κ3) is 1.95. The summed E-state index contributed by atoms with van der Waals surface area (Å²) in [5.74, 6) is -0.463. The number of anilines is 1. The summed E-state index contributed by atoms with van der Waals surface area (Å²) in [6.07, 6.45) is 3.69. The summed E-state index contributed by atoms with van der Waals surface area (Å²) in [6.45, 7) is 2.56. The van der Waals surface area contributed by atoms with Crippen molar-refractivity contribution >= 4 is 23.4 Å². The minimum Gasteiger partial charge on any atom is -0.481 e. The average molecular weight is 242 g/mol. The molecular formula is C10H12ClN3O2. The Morgan fingerprint density at radius 1 is 1.62 bits per heavy atom. The number of hydrogen-bond acceptors (Lipinski definition) is 4. The first-order chi connectivity index (χ1) is 7.59. The number of hydrogen-bond donors (Lipinski definition) is 1. The monoisotopic (exact) mass is 241 g/mol. The van der Waals surface area contributed by atoms with Crippen molar-refractivity contribution in [3.8, 4) is 0 Å². The van der Waals surface area contributed by atoms with Crippen LogP contribution in [0.1, 0.15) is 13.3 Å². The molecule has 1 saturated heterocycles. The molecule has 16 heavy (non-hydrogen) atoms. The van der Waals surface area contributed by atoms with Gasteiger partial charge in [0.25, 0.3) is 0 Å². The molecule has 2 unspecified atom stereocenters. The summed E-state index contributed by atoms with van der Waals surface area (Å²) in [5, 5.41) is 9.34. The lowest BCUT2D eigenvalue weighted by atomic mass is 10.0. The predicted octanol–water partition coefficient (Wildman–Crippen LogP) is 1.43. The molecule has 1 fully saturated rings. The Morgan fingerprint density at radius 3 is 2.94 bits per heavy atom. The van der Waals surface area contributed by atoms with Crippen molar-refractivity contribution in [3.05, 3.63) is 17.5 Å². The van der Waals surface area contributed by atoms with Crippen LogP contribution in [-0.4, -0.2) is 33.6 Å². The fourth-order valence-electron chi connectivity index (χ4n) is 2.06. The van der Waals surface area contributed by atoms with Gasteiger partial charge in [0.15, 0.2) is 0 Å². The van der Waals surface area contributed by atoms with Crippen LogP contribution in [0.25, 0.3) is 0 Å². The van der Waals surface area contributed by atoms with Gasteiger partial charge in [-0.2, -0.15) is 0 Å². The van der Waals surface area contributed by atoms with Crippen molar-refractivity contribution in [2.45, 2.75) is 19.4 Å². The SMILES string of the molecule is CC1C(C(=O)O)CCN1c1cncc(Cl)n1. The summed E-state index contributed by atoms with van der Waals surface area (Å²) < 4.78 is 0. The van der Waals surface area contributed by atoms with E-state index >= 15 is 0 Å². The van der Waals surface area contributed by atoms with E-state index < -0.39 is 5.97 Å². The van der Waals surface area contributed by atoms with E-state index in [1.807, 2.05) is 11.8 Å². The van der Waals surface area contributed by atoms with Crippen LogP contribution < -0.4 is 4.90 Å². The Labute approximate surface area is 98.1 Å². The van der Waals surface area contributed by atoms with Gasteiger partial charge in [-0.25, -0.2) is 4.98 Å². The molecule has 0 bridgehead atoms. The van der Waals surface area contributed by atoms with E-state index in [0.29, 0.717) is 23.9 Å². The smallest absolute Gasteiger partial charge is 0.308 e. The van der Waals surface area contributed by atoms with E-state index in [1.54, 1.807) is 6.20 Å². The Morgan fingerprint density at radius 2 is 2.38 bits per heavy atom. The van der Waals surface area contributed by atoms with Crippen LogP contribution in [0.5, 0.6) is 0 Å². The van der Waals surface area contributed by atoms with E-state index in [1.165, 1.54) is 6.20 Å². The molecule has 86 valence electrons. The molecule has 0 radical (unpaired) electrons. The van der Waals surface area contributed by atoms with Gasteiger partial charge in [0.2, 0.25) is 0 Å². The molecule has 2 atom stereocenters. The molecule has 0 saturated carbocycles. The topological polar surface area (TPSA) is 66.3 Å². The third-order valence-corrected chi connectivity index (χ3v) is 3.14. The average Bonchev–Trinajstić information content (AvgIpc) is 2.60. The maximum atomic E-state index is 11.0. The molecule has 2 rings (SSSR count). The standard InChI is InChI=1S/C10H12ClN3O2/c1-6-7(10(15)16)2-3-14(6)9-5-12-4-8(11)13-9/h4-7H,2-3H2,1H3,(H,15,16). The van der Waals surface area contributed by atoms with E-state index in [0.717, 1.165) is 0 Å².